The summed E-state index contributed by atoms with van der Waals surface area (Å²) in [6, 6.07) is 23.6. The van der Waals surface area contributed by atoms with E-state index in [0.717, 1.165) is 21.9 Å². The van der Waals surface area contributed by atoms with Crippen LogP contribution >= 0.6 is 11.6 Å². The molecule has 0 aliphatic heterocycles. The molecule has 5 nitrogen and oxygen atoms in total. The molecule has 0 aliphatic carbocycles. The van der Waals surface area contributed by atoms with E-state index in [4.69, 9.17) is 21.1 Å². The molecule has 0 amide bonds. The van der Waals surface area contributed by atoms with Crippen LogP contribution in [0.3, 0.4) is 0 Å². The highest BCUT2D eigenvalue weighted by Crippen LogP contribution is 2.34. The van der Waals surface area contributed by atoms with E-state index in [1.54, 1.807) is 0 Å². The third-order valence-electron chi connectivity index (χ3n) is 5.58. The minimum absolute atomic E-state index is 0.0362. The summed E-state index contributed by atoms with van der Waals surface area (Å²) in [6.07, 6.45) is 1.40. The van der Waals surface area contributed by atoms with Gasteiger partial charge in [0.2, 0.25) is 0 Å². The van der Waals surface area contributed by atoms with Gasteiger partial charge in [-0.05, 0) is 54.4 Å². The van der Waals surface area contributed by atoms with Crippen LogP contribution in [0.25, 0.3) is 10.9 Å². The number of aromatic nitrogens is 1. The van der Waals surface area contributed by atoms with Gasteiger partial charge in [-0.2, -0.15) is 0 Å². The van der Waals surface area contributed by atoms with Crippen LogP contribution in [0.5, 0.6) is 11.5 Å². The third-order valence-corrected chi connectivity index (χ3v) is 5.93. The molecule has 172 valence electrons. The summed E-state index contributed by atoms with van der Waals surface area (Å²) in [7, 11) is 0. The predicted molar refractivity (Wildman–Crippen MR) is 134 cm³/mol. The summed E-state index contributed by atoms with van der Waals surface area (Å²) in [6.45, 7) is 3.80. The van der Waals surface area contributed by atoms with Crippen LogP contribution < -0.4 is 14.8 Å². The second-order valence-electron chi connectivity index (χ2n) is 7.89. The maximum Gasteiger partial charge on any atom is 0.119 e. The van der Waals surface area contributed by atoms with Crippen molar-refractivity contribution < 1.29 is 14.6 Å². The van der Waals surface area contributed by atoms with Crippen molar-refractivity contribution in [3.8, 4) is 11.5 Å². The second kappa shape index (κ2) is 11.2. The normalized spacial score (nSPS) is 13.1. The second-order valence-corrected chi connectivity index (χ2v) is 8.30. The fraction of sp³-hybridized carbons (Fsp3) is 0.259. The molecule has 2 atom stereocenters. The average Bonchev–Trinajstić information content (AvgIpc) is 3.26. The zero-order valence-electron chi connectivity index (χ0n) is 18.6. The molecule has 33 heavy (non-hydrogen) atoms. The number of rotatable bonds is 11. The Bertz CT molecular complexity index is 1160. The molecule has 0 saturated carbocycles. The first-order chi connectivity index (χ1) is 16.2. The van der Waals surface area contributed by atoms with Gasteiger partial charge in [0.1, 0.15) is 24.2 Å². The summed E-state index contributed by atoms with van der Waals surface area (Å²) in [4.78, 5) is 3.36. The van der Waals surface area contributed by atoms with Gasteiger partial charge in [-0.1, -0.05) is 48.0 Å². The highest BCUT2D eigenvalue weighted by Gasteiger charge is 2.20. The fourth-order valence-electron chi connectivity index (χ4n) is 3.97. The maximum absolute atomic E-state index is 10.4. The number of aromatic amines is 1. The standard InChI is InChI=1S/C27H29ClN2O3/c1-2-32-20-11-13-21(14-12-20)33-18-19(31)15-29-16-24(22-7-3-5-9-26(22)28)25-17-30-27-10-6-4-8-23(25)27/h3-14,17,19,24,29-31H,2,15-16,18H2,1H3/t19-,24-/m1/s1. The Balaban J connectivity index is 1.38. The van der Waals surface area contributed by atoms with E-state index < -0.39 is 6.10 Å². The molecular weight excluding hydrogens is 436 g/mol. The van der Waals surface area contributed by atoms with E-state index in [2.05, 4.69) is 28.5 Å². The lowest BCUT2D eigenvalue weighted by Crippen LogP contribution is -2.34. The van der Waals surface area contributed by atoms with Crippen molar-refractivity contribution in [2.24, 2.45) is 0 Å². The highest BCUT2D eigenvalue weighted by atomic mass is 35.5. The largest absolute Gasteiger partial charge is 0.494 e. The lowest BCUT2D eigenvalue weighted by molar-refractivity contribution is 0.106. The molecule has 0 saturated heterocycles. The Hall–Kier alpha value is -2.99. The summed E-state index contributed by atoms with van der Waals surface area (Å²) in [5, 5.41) is 15.7. The summed E-state index contributed by atoms with van der Waals surface area (Å²) in [5.41, 5.74) is 3.32. The number of halogens is 1. The summed E-state index contributed by atoms with van der Waals surface area (Å²) in [5.74, 6) is 1.54. The number of para-hydroxylation sites is 1. The van der Waals surface area contributed by atoms with Crippen molar-refractivity contribution in [1.29, 1.82) is 0 Å². The van der Waals surface area contributed by atoms with E-state index in [1.165, 1.54) is 10.9 Å². The first-order valence-corrected chi connectivity index (χ1v) is 11.6. The molecule has 0 fully saturated rings. The van der Waals surface area contributed by atoms with Gasteiger partial charge in [-0.25, -0.2) is 0 Å². The smallest absolute Gasteiger partial charge is 0.119 e. The summed E-state index contributed by atoms with van der Waals surface area (Å²) < 4.78 is 11.2. The molecule has 0 aliphatic rings. The first-order valence-electron chi connectivity index (χ1n) is 11.2. The van der Waals surface area contributed by atoms with Gasteiger partial charge in [0.15, 0.2) is 0 Å². The molecule has 0 bridgehead atoms. The SMILES string of the molecule is CCOc1ccc(OC[C@H](O)CNC[C@H](c2ccccc2Cl)c2c[nH]c3ccccc23)cc1. The van der Waals surface area contributed by atoms with Crippen molar-refractivity contribution in [3.05, 3.63) is 95.1 Å². The Kier molecular flexibility index (Phi) is 7.89. The lowest BCUT2D eigenvalue weighted by atomic mass is 9.90. The molecule has 1 aromatic heterocycles. The van der Waals surface area contributed by atoms with Crippen LogP contribution in [0.4, 0.5) is 0 Å². The Labute approximate surface area is 199 Å². The van der Waals surface area contributed by atoms with Gasteiger partial charge in [0, 0.05) is 41.1 Å². The quantitative estimate of drug-likeness (QED) is 0.279. The van der Waals surface area contributed by atoms with Crippen molar-refractivity contribution in [2.75, 3.05) is 26.3 Å². The number of hydrogen-bond acceptors (Lipinski definition) is 4. The molecule has 0 spiro atoms. The zero-order valence-corrected chi connectivity index (χ0v) is 19.4. The highest BCUT2D eigenvalue weighted by molar-refractivity contribution is 6.31. The van der Waals surface area contributed by atoms with Crippen LogP contribution in [0.2, 0.25) is 5.02 Å². The molecule has 6 heteroatoms. The van der Waals surface area contributed by atoms with Gasteiger partial charge >= 0.3 is 0 Å². The van der Waals surface area contributed by atoms with Crippen LogP contribution in [-0.2, 0) is 0 Å². The van der Waals surface area contributed by atoms with Crippen molar-refractivity contribution in [3.63, 3.8) is 0 Å². The number of nitrogens with one attached hydrogen (secondary N) is 2. The van der Waals surface area contributed by atoms with Crippen LogP contribution in [0, 0.1) is 0 Å². The predicted octanol–water partition coefficient (Wildman–Crippen LogP) is 5.38. The van der Waals surface area contributed by atoms with Gasteiger partial charge in [0.25, 0.3) is 0 Å². The summed E-state index contributed by atoms with van der Waals surface area (Å²) >= 11 is 6.56. The van der Waals surface area contributed by atoms with Gasteiger partial charge < -0.3 is 24.9 Å². The van der Waals surface area contributed by atoms with Crippen molar-refractivity contribution >= 4 is 22.5 Å². The zero-order chi connectivity index (χ0) is 23.0. The fourth-order valence-corrected chi connectivity index (χ4v) is 4.24. The minimum Gasteiger partial charge on any atom is -0.494 e. The van der Waals surface area contributed by atoms with E-state index in [-0.39, 0.29) is 12.5 Å². The number of hydrogen-bond donors (Lipinski definition) is 3. The number of ether oxygens (including phenoxy) is 2. The maximum atomic E-state index is 10.4. The number of aliphatic hydroxyl groups is 1. The molecule has 1 heterocycles. The topological polar surface area (TPSA) is 66.5 Å². The third kappa shape index (κ3) is 5.88. The van der Waals surface area contributed by atoms with Crippen LogP contribution in [-0.4, -0.2) is 42.5 Å². The molecule has 0 unspecified atom stereocenters. The number of benzene rings is 3. The Morgan fingerprint density at radius 1 is 0.879 bits per heavy atom. The lowest BCUT2D eigenvalue weighted by Gasteiger charge is -2.21. The molecular formula is C27H29ClN2O3. The number of aliphatic hydroxyl groups excluding tert-OH is 1. The minimum atomic E-state index is -0.647. The monoisotopic (exact) mass is 464 g/mol. The van der Waals surface area contributed by atoms with E-state index in [0.29, 0.717) is 25.4 Å². The molecule has 3 aromatic carbocycles. The molecule has 4 rings (SSSR count). The molecule has 4 aromatic rings. The Morgan fingerprint density at radius 3 is 2.33 bits per heavy atom. The molecule has 3 N–H and O–H groups in total. The van der Waals surface area contributed by atoms with E-state index >= 15 is 0 Å². The number of H-pyrrole nitrogens is 1. The van der Waals surface area contributed by atoms with Crippen molar-refractivity contribution in [2.45, 2.75) is 18.9 Å². The van der Waals surface area contributed by atoms with E-state index in [9.17, 15) is 5.11 Å². The average molecular weight is 465 g/mol. The van der Waals surface area contributed by atoms with Crippen LogP contribution in [0.15, 0.2) is 79.0 Å². The molecule has 0 radical (unpaired) electrons. The van der Waals surface area contributed by atoms with Crippen LogP contribution in [0.1, 0.15) is 24.0 Å². The Morgan fingerprint density at radius 2 is 1.58 bits per heavy atom. The van der Waals surface area contributed by atoms with Gasteiger partial charge in [0.05, 0.1) is 6.61 Å². The number of fused-ring (bicyclic) bond motifs is 1. The van der Waals surface area contributed by atoms with E-state index in [1.807, 2.05) is 67.7 Å². The van der Waals surface area contributed by atoms with Gasteiger partial charge in [-0.3, -0.25) is 0 Å². The van der Waals surface area contributed by atoms with Gasteiger partial charge in [-0.15, -0.1) is 0 Å². The first kappa shape index (κ1) is 23.2. The van der Waals surface area contributed by atoms with Crippen molar-refractivity contribution in [1.82, 2.24) is 10.3 Å².